The fourth-order valence-electron chi connectivity index (χ4n) is 2.35. The van der Waals surface area contributed by atoms with Crippen LogP contribution in [0, 0.1) is 5.82 Å². The first kappa shape index (κ1) is 19.9. The molecule has 2 heterocycles. The molecule has 0 unspecified atom stereocenters. The van der Waals surface area contributed by atoms with Gasteiger partial charge < -0.3 is 15.8 Å². The van der Waals surface area contributed by atoms with Crippen molar-refractivity contribution in [3.05, 3.63) is 60.2 Å². The number of ether oxygens (including phenoxy) is 1. The van der Waals surface area contributed by atoms with Crippen LogP contribution in [0.5, 0.6) is 11.6 Å². The van der Waals surface area contributed by atoms with E-state index >= 15 is 0 Å². The first-order valence-electron chi connectivity index (χ1n) is 8.67. The lowest BCUT2D eigenvalue weighted by molar-refractivity contribution is -0.118. The third-order valence-corrected chi connectivity index (χ3v) is 3.91. The topological polar surface area (TPSA) is 120 Å². The lowest BCUT2D eigenvalue weighted by atomic mass is 10.2. The Balaban J connectivity index is 1.94. The van der Waals surface area contributed by atoms with Crippen LogP contribution in [0.4, 0.5) is 10.2 Å². The minimum Gasteiger partial charge on any atom is -0.439 e. The second-order valence-corrected chi connectivity index (χ2v) is 6.23. The summed E-state index contributed by atoms with van der Waals surface area (Å²) in [4.78, 5) is 35.9. The number of nitrogens with one attached hydrogen (secondary N) is 1. The molecule has 29 heavy (non-hydrogen) atoms. The zero-order valence-corrected chi connectivity index (χ0v) is 15.7. The van der Waals surface area contributed by atoms with Crippen LogP contribution in [0.15, 0.2) is 48.7 Å². The number of anilines is 1. The van der Waals surface area contributed by atoms with Crippen molar-refractivity contribution in [2.24, 2.45) is 5.73 Å². The fourth-order valence-corrected chi connectivity index (χ4v) is 2.35. The number of amides is 1. The number of carbonyl (C=O) groups excluding carboxylic acids is 2. The van der Waals surface area contributed by atoms with Crippen molar-refractivity contribution in [2.75, 3.05) is 5.32 Å². The molecule has 2 aromatic heterocycles. The van der Waals surface area contributed by atoms with E-state index in [1.807, 2.05) is 0 Å². The van der Waals surface area contributed by atoms with Gasteiger partial charge in [-0.25, -0.2) is 19.3 Å². The number of benzene rings is 1. The Morgan fingerprint density at radius 1 is 1.14 bits per heavy atom. The van der Waals surface area contributed by atoms with Gasteiger partial charge in [-0.1, -0.05) is 0 Å². The van der Waals surface area contributed by atoms with Gasteiger partial charge in [-0.3, -0.25) is 9.59 Å². The van der Waals surface area contributed by atoms with Crippen molar-refractivity contribution in [1.29, 1.82) is 0 Å². The molecule has 1 atom stereocenters. The highest BCUT2D eigenvalue weighted by Gasteiger charge is 2.14. The summed E-state index contributed by atoms with van der Waals surface area (Å²) in [5, 5.41) is 2.85. The summed E-state index contributed by atoms with van der Waals surface area (Å²) < 4.78 is 18.7. The number of halogens is 1. The van der Waals surface area contributed by atoms with E-state index < -0.39 is 11.9 Å². The van der Waals surface area contributed by atoms with Gasteiger partial charge in [-0.2, -0.15) is 0 Å². The first-order valence-corrected chi connectivity index (χ1v) is 8.67. The number of aromatic nitrogens is 3. The third-order valence-electron chi connectivity index (χ3n) is 3.91. The summed E-state index contributed by atoms with van der Waals surface area (Å²) in [7, 11) is 0. The number of carbonyl (C=O) groups is 2. The summed E-state index contributed by atoms with van der Waals surface area (Å²) in [5.41, 5.74) is 5.98. The van der Waals surface area contributed by atoms with E-state index in [2.05, 4.69) is 20.3 Å². The van der Waals surface area contributed by atoms with E-state index in [4.69, 9.17) is 10.5 Å². The molecule has 0 aliphatic heterocycles. The molecule has 8 nitrogen and oxygen atoms in total. The maximum atomic E-state index is 13.0. The average molecular weight is 395 g/mol. The lowest BCUT2D eigenvalue weighted by Crippen LogP contribution is -2.32. The Kier molecular flexibility index (Phi) is 5.77. The number of nitrogens with zero attached hydrogens (tertiary/aromatic N) is 3. The van der Waals surface area contributed by atoms with E-state index in [0.717, 1.165) is 0 Å². The number of pyridine rings is 1. The molecule has 3 N–H and O–H groups in total. The van der Waals surface area contributed by atoms with Gasteiger partial charge in [0.05, 0.1) is 0 Å². The molecule has 1 amide bonds. The minimum absolute atomic E-state index is 0.173. The second kappa shape index (κ2) is 8.42. The Bertz CT molecular complexity index is 1060. The van der Waals surface area contributed by atoms with E-state index in [0.29, 0.717) is 11.3 Å². The number of Topliss-reactive ketones (excluding diaryl/α,β-unsaturated/α-hetero) is 1. The molecule has 3 rings (SSSR count). The summed E-state index contributed by atoms with van der Waals surface area (Å²) in [6.45, 7) is 2.96. The zero-order valence-electron chi connectivity index (χ0n) is 15.7. The molecule has 9 heteroatoms. The average Bonchev–Trinajstić information content (AvgIpc) is 2.69. The van der Waals surface area contributed by atoms with Crippen molar-refractivity contribution >= 4 is 17.5 Å². The molecular weight excluding hydrogens is 377 g/mol. The Hall–Kier alpha value is -3.88. The van der Waals surface area contributed by atoms with Gasteiger partial charge in [0, 0.05) is 30.8 Å². The van der Waals surface area contributed by atoms with Crippen LogP contribution in [0.2, 0.25) is 0 Å². The van der Waals surface area contributed by atoms with Gasteiger partial charge in [-0.15, -0.1) is 0 Å². The highest BCUT2D eigenvalue weighted by atomic mass is 19.1. The van der Waals surface area contributed by atoms with Crippen molar-refractivity contribution in [3.8, 4) is 23.0 Å². The normalized spacial score (nSPS) is 11.6. The lowest BCUT2D eigenvalue weighted by Gasteiger charge is -2.13. The quantitative estimate of drug-likeness (QED) is 0.590. The van der Waals surface area contributed by atoms with Crippen molar-refractivity contribution in [2.45, 2.75) is 19.9 Å². The smallest absolute Gasteiger partial charge is 0.239 e. The standard InChI is InChI=1S/C20H18FN5O3/c1-11(19(22)28)24-17-10-16(12(2)27)25-20(26-17)13-7-8-23-18(9-13)29-15-5-3-14(21)4-6-15/h3-11H,1-2H3,(H2,22,28)(H,24,25,26)/t11-/m0/s1. The maximum absolute atomic E-state index is 13.0. The number of rotatable bonds is 7. The molecule has 0 bridgehead atoms. The van der Waals surface area contributed by atoms with Gasteiger partial charge in [-0.05, 0) is 37.3 Å². The van der Waals surface area contributed by atoms with Gasteiger partial charge in [0.15, 0.2) is 11.6 Å². The molecule has 0 fully saturated rings. The SMILES string of the molecule is CC(=O)c1cc(N[C@@H](C)C(N)=O)nc(-c2ccnc(Oc3ccc(F)cc3)c2)n1. The summed E-state index contributed by atoms with van der Waals surface area (Å²) in [6.07, 6.45) is 1.50. The fraction of sp³-hybridized carbons (Fsp3) is 0.150. The van der Waals surface area contributed by atoms with E-state index in [1.165, 1.54) is 43.5 Å². The maximum Gasteiger partial charge on any atom is 0.239 e. The van der Waals surface area contributed by atoms with Gasteiger partial charge in [0.25, 0.3) is 0 Å². The molecular formula is C20H18FN5O3. The number of primary amides is 1. The molecule has 0 aliphatic rings. The molecule has 0 saturated carbocycles. The van der Waals surface area contributed by atoms with Crippen LogP contribution in [0.1, 0.15) is 24.3 Å². The van der Waals surface area contributed by atoms with E-state index in [9.17, 15) is 14.0 Å². The van der Waals surface area contributed by atoms with Crippen molar-refractivity contribution in [3.63, 3.8) is 0 Å². The number of hydrogen-bond donors (Lipinski definition) is 2. The molecule has 1 aromatic carbocycles. The molecule has 3 aromatic rings. The van der Waals surface area contributed by atoms with Crippen LogP contribution < -0.4 is 15.8 Å². The van der Waals surface area contributed by atoms with E-state index in [1.54, 1.807) is 19.1 Å². The summed E-state index contributed by atoms with van der Waals surface area (Å²) >= 11 is 0. The van der Waals surface area contributed by atoms with Crippen LogP contribution in [-0.2, 0) is 4.79 Å². The Morgan fingerprint density at radius 3 is 2.52 bits per heavy atom. The Morgan fingerprint density at radius 2 is 1.86 bits per heavy atom. The number of ketones is 1. The van der Waals surface area contributed by atoms with Gasteiger partial charge in [0.2, 0.25) is 11.8 Å². The zero-order chi connectivity index (χ0) is 21.0. The van der Waals surface area contributed by atoms with Crippen LogP contribution in [0.3, 0.4) is 0 Å². The van der Waals surface area contributed by atoms with Crippen LogP contribution in [-0.4, -0.2) is 32.7 Å². The largest absolute Gasteiger partial charge is 0.439 e. The highest BCUT2D eigenvalue weighted by Crippen LogP contribution is 2.25. The van der Waals surface area contributed by atoms with Crippen molar-refractivity contribution < 1.29 is 18.7 Å². The highest BCUT2D eigenvalue weighted by molar-refractivity contribution is 5.93. The Labute approximate surface area is 166 Å². The predicted molar refractivity (Wildman–Crippen MR) is 104 cm³/mol. The van der Waals surface area contributed by atoms with Crippen LogP contribution in [0.25, 0.3) is 11.4 Å². The number of hydrogen-bond acceptors (Lipinski definition) is 7. The molecule has 148 valence electrons. The summed E-state index contributed by atoms with van der Waals surface area (Å²) in [5.74, 6) is -0.0296. The minimum atomic E-state index is -0.688. The number of nitrogens with two attached hydrogens (primary N) is 1. The molecule has 0 saturated heterocycles. The summed E-state index contributed by atoms with van der Waals surface area (Å²) in [6, 6.07) is 9.50. The van der Waals surface area contributed by atoms with Gasteiger partial charge in [0.1, 0.15) is 29.1 Å². The van der Waals surface area contributed by atoms with Crippen LogP contribution >= 0.6 is 0 Å². The molecule has 0 aliphatic carbocycles. The van der Waals surface area contributed by atoms with Crippen molar-refractivity contribution in [1.82, 2.24) is 15.0 Å². The molecule has 0 radical (unpaired) electrons. The first-order chi connectivity index (χ1) is 13.8. The monoisotopic (exact) mass is 395 g/mol. The van der Waals surface area contributed by atoms with Gasteiger partial charge >= 0.3 is 0 Å². The third kappa shape index (κ3) is 5.10. The predicted octanol–water partition coefficient (Wildman–Crippen LogP) is 2.96. The molecule has 0 spiro atoms. The second-order valence-electron chi connectivity index (χ2n) is 6.23. The van der Waals surface area contributed by atoms with E-state index in [-0.39, 0.29) is 34.8 Å².